The maximum atomic E-state index is 12.9. The van der Waals surface area contributed by atoms with Crippen LogP contribution in [0.2, 0.25) is 5.02 Å². The summed E-state index contributed by atoms with van der Waals surface area (Å²) in [7, 11) is 0. The molecule has 3 aromatic rings. The fraction of sp³-hybridized carbons (Fsp3) is 0.407. The molecule has 3 N–H and O–H groups in total. The first-order valence-electron chi connectivity index (χ1n) is 12.3. The number of fused-ring (bicyclic) bond motifs is 1. The van der Waals surface area contributed by atoms with Crippen LogP contribution in [0.5, 0.6) is 0 Å². The fourth-order valence-electron chi connectivity index (χ4n) is 4.74. The summed E-state index contributed by atoms with van der Waals surface area (Å²) >= 11 is 6.00. The van der Waals surface area contributed by atoms with E-state index in [0.29, 0.717) is 22.6 Å². The van der Waals surface area contributed by atoms with Gasteiger partial charge in [-0.3, -0.25) is 4.79 Å². The smallest absolute Gasteiger partial charge is 0.449 e. The highest BCUT2D eigenvalue weighted by molar-refractivity contribution is 6.30. The van der Waals surface area contributed by atoms with Crippen molar-refractivity contribution in [2.75, 3.05) is 6.54 Å². The molecule has 1 amide bonds. The molecule has 37 heavy (non-hydrogen) atoms. The second kappa shape index (κ2) is 11.6. The summed E-state index contributed by atoms with van der Waals surface area (Å²) < 4.78 is 43.3. The lowest BCUT2D eigenvalue weighted by Gasteiger charge is -2.22. The van der Waals surface area contributed by atoms with Gasteiger partial charge in [-0.2, -0.15) is 13.2 Å². The van der Waals surface area contributed by atoms with Crippen LogP contribution in [-0.2, 0) is 16.0 Å². The molecule has 0 radical (unpaired) electrons. The number of hydrogen-bond donors (Lipinski definition) is 3. The fourth-order valence-corrected chi connectivity index (χ4v) is 4.94. The summed E-state index contributed by atoms with van der Waals surface area (Å²) in [4.78, 5) is 27.6. The highest BCUT2D eigenvalue weighted by atomic mass is 35.5. The molecular formula is C27H29ClF3N3O3. The summed E-state index contributed by atoms with van der Waals surface area (Å²) in [5.74, 6) is -2.36. The Hall–Kier alpha value is -3.04. The summed E-state index contributed by atoms with van der Waals surface area (Å²) in [5.41, 5.74) is 2.64. The van der Waals surface area contributed by atoms with Crippen LogP contribution in [0.1, 0.15) is 60.2 Å². The minimum Gasteiger partial charge on any atom is -0.449 e. The van der Waals surface area contributed by atoms with Crippen molar-refractivity contribution in [3.05, 3.63) is 70.4 Å². The molecule has 1 aromatic heterocycles. The molecule has 1 aliphatic carbocycles. The number of hydrogen-bond acceptors (Lipinski definition) is 4. The lowest BCUT2D eigenvalue weighted by atomic mass is 10.0. The molecule has 6 nitrogen and oxygen atoms in total. The van der Waals surface area contributed by atoms with Gasteiger partial charge in [0.15, 0.2) is 0 Å². The third kappa shape index (κ3) is 6.84. The van der Waals surface area contributed by atoms with Gasteiger partial charge in [-0.15, -0.1) is 0 Å². The Balaban J connectivity index is 1.44. The van der Waals surface area contributed by atoms with Gasteiger partial charge in [0.25, 0.3) is 5.91 Å². The minimum atomic E-state index is -5.10. The largest absolute Gasteiger partial charge is 0.490 e. The number of rotatable bonds is 9. The van der Waals surface area contributed by atoms with Crippen LogP contribution in [-0.4, -0.2) is 41.7 Å². The maximum Gasteiger partial charge on any atom is 0.490 e. The number of benzene rings is 2. The van der Waals surface area contributed by atoms with Crippen LogP contribution in [0.4, 0.5) is 13.2 Å². The minimum absolute atomic E-state index is 0.0409. The van der Waals surface area contributed by atoms with E-state index >= 15 is 0 Å². The van der Waals surface area contributed by atoms with Crippen LogP contribution >= 0.6 is 11.6 Å². The molecule has 198 valence electrons. The molecule has 0 bridgehead atoms. The monoisotopic (exact) mass is 535 g/mol. The topological polar surface area (TPSA) is 83.2 Å². The molecule has 1 saturated carbocycles. The van der Waals surface area contributed by atoms with Crippen molar-refractivity contribution in [3.8, 4) is 0 Å². The SMILES string of the molecule is C[C@H](Cc1c[nH]c2c(C(=O)NC3CCCC3)cccc12)NC[C@@H](OC(=O)C(F)(F)F)c1cccc(Cl)c1. The van der Waals surface area contributed by atoms with Gasteiger partial charge >= 0.3 is 12.1 Å². The van der Waals surface area contributed by atoms with Gasteiger partial charge < -0.3 is 20.4 Å². The Bertz CT molecular complexity index is 1250. The molecular weight excluding hydrogens is 507 g/mol. The maximum absolute atomic E-state index is 12.9. The van der Waals surface area contributed by atoms with Crippen molar-refractivity contribution in [3.63, 3.8) is 0 Å². The first-order valence-corrected chi connectivity index (χ1v) is 12.7. The van der Waals surface area contributed by atoms with Crippen molar-refractivity contribution >= 4 is 34.4 Å². The first kappa shape index (κ1) is 27.0. The Morgan fingerprint density at radius 1 is 1.16 bits per heavy atom. The lowest BCUT2D eigenvalue weighted by molar-refractivity contribution is -0.205. The van der Waals surface area contributed by atoms with E-state index in [4.69, 9.17) is 16.3 Å². The van der Waals surface area contributed by atoms with Crippen molar-refractivity contribution in [1.29, 1.82) is 0 Å². The molecule has 1 fully saturated rings. The number of carbonyl (C=O) groups is 2. The normalized spacial score (nSPS) is 16.0. The van der Waals surface area contributed by atoms with Gasteiger partial charge in [-0.25, -0.2) is 4.79 Å². The second-order valence-corrected chi connectivity index (χ2v) is 9.89. The van der Waals surface area contributed by atoms with E-state index in [9.17, 15) is 22.8 Å². The number of amides is 1. The van der Waals surface area contributed by atoms with Gasteiger partial charge in [0.2, 0.25) is 0 Å². The quantitative estimate of drug-likeness (QED) is 0.300. The highest BCUT2D eigenvalue weighted by Gasteiger charge is 2.42. The molecule has 2 atom stereocenters. The number of nitrogens with one attached hydrogen (secondary N) is 3. The third-order valence-corrected chi connectivity index (χ3v) is 6.85. The van der Waals surface area contributed by atoms with Crippen molar-refractivity contribution < 1.29 is 27.5 Å². The van der Waals surface area contributed by atoms with Crippen LogP contribution in [0.25, 0.3) is 10.9 Å². The molecule has 0 saturated heterocycles. The van der Waals surface area contributed by atoms with E-state index in [1.165, 1.54) is 6.07 Å². The van der Waals surface area contributed by atoms with E-state index in [0.717, 1.165) is 42.1 Å². The van der Waals surface area contributed by atoms with Crippen molar-refractivity contribution in [1.82, 2.24) is 15.6 Å². The number of para-hydroxylation sites is 1. The Labute approximate surface area is 217 Å². The first-order chi connectivity index (χ1) is 17.6. The van der Waals surface area contributed by atoms with Crippen molar-refractivity contribution in [2.45, 2.75) is 63.4 Å². The van der Waals surface area contributed by atoms with Gasteiger partial charge in [-0.1, -0.05) is 48.7 Å². The average molecular weight is 536 g/mol. The van der Waals surface area contributed by atoms with Crippen LogP contribution in [0, 0.1) is 0 Å². The molecule has 0 unspecified atom stereocenters. The molecule has 0 spiro atoms. The van der Waals surface area contributed by atoms with Gasteiger partial charge in [-0.05, 0) is 55.5 Å². The average Bonchev–Trinajstić information content (AvgIpc) is 3.51. The van der Waals surface area contributed by atoms with E-state index in [-0.39, 0.29) is 24.5 Å². The van der Waals surface area contributed by atoms with Crippen LogP contribution < -0.4 is 10.6 Å². The molecule has 1 aliphatic rings. The summed E-state index contributed by atoms with van der Waals surface area (Å²) in [6, 6.07) is 11.8. The molecule has 10 heteroatoms. The number of esters is 1. The predicted molar refractivity (Wildman–Crippen MR) is 136 cm³/mol. The zero-order valence-corrected chi connectivity index (χ0v) is 21.1. The highest BCUT2D eigenvalue weighted by Crippen LogP contribution is 2.27. The number of H-pyrrole nitrogens is 1. The standard InChI is InChI=1S/C27H29ClF3N3O3/c1-16(32-15-23(37-26(36)27(29,30)31)17-6-4-7-19(28)13-17)12-18-14-33-24-21(18)10-5-11-22(24)25(35)34-20-8-2-3-9-20/h4-7,10-11,13-14,16,20,23,32-33H,2-3,8-9,12,15H2,1H3,(H,34,35)/t16-,23-/m1/s1. The molecule has 1 heterocycles. The van der Waals surface area contributed by atoms with Gasteiger partial charge in [0.1, 0.15) is 6.10 Å². The molecule has 2 aromatic carbocycles. The third-order valence-electron chi connectivity index (χ3n) is 6.62. The number of carbonyl (C=O) groups excluding carboxylic acids is 2. The Morgan fingerprint density at radius 2 is 1.89 bits per heavy atom. The van der Waals surface area contributed by atoms with Crippen LogP contribution in [0.15, 0.2) is 48.7 Å². The van der Waals surface area contributed by atoms with E-state index < -0.39 is 18.2 Å². The Morgan fingerprint density at radius 3 is 2.59 bits per heavy atom. The zero-order chi connectivity index (χ0) is 26.6. The second-order valence-electron chi connectivity index (χ2n) is 9.46. The van der Waals surface area contributed by atoms with E-state index in [1.807, 2.05) is 25.3 Å². The number of ether oxygens (including phenoxy) is 1. The molecule has 4 rings (SSSR count). The number of aromatic nitrogens is 1. The number of aromatic amines is 1. The van der Waals surface area contributed by atoms with Gasteiger partial charge in [0, 0.05) is 35.2 Å². The summed E-state index contributed by atoms with van der Waals surface area (Å²) in [6.45, 7) is 1.84. The predicted octanol–water partition coefficient (Wildman–Crippen LogP) is 5.86. The van der Waals surface area contributed by atoms with Crippen LogP contribution in [0.3, 0.4) is 0 Å². The molecule has 0 aliphatic heterocycles. The van der Waals surface area contributed by atoms with Crippen molar-refractivity contribution in [2.24, 2.45) is 0 Å². The summed E-state index contributed by atoms with van der Waals surface area (Å²) in [6.07, 6.45) is 0.333. The number of halogens is 4. The zero-order valence-electron chi connectivity index (χ0n) is 20.3. The number of alkyl halides is 3. The lowest BCUT2D eigenvalue weighted by Crippen LogP contribution is -2.35. The van der Waals surface area contributed by atoms with E-state index in [1.54, 1.807) is 24.3 Å². The summed E-state index contributed by atoms with van der Waals surface area (Å²) in [5, 5.41) is 7.51. The Kier molecular flexibility index (Phi) is 8.44. The van der Waals surface area contributed by atoms with E-state index in [2.05, 4.69) is 15.6 Å². The van der Waals surface area contributed by atoms with Gasteiger partial charge in [0.05, 0.1) is 11.1 Å².